The number of nitrogens with zero attached hydrogens (tertiary/aromatic N) is 1. The number of rotatable bonds is 3. The zero-order valence-electron chi connectivity index (χ0n) is 12.9. The van der Waals surface area contributed by atoms with Crippen LogP contribution in [-0.4, -0.2) is 19.0 Å². The molecule has 24 heavy (non-hydrogen) atoms. The Morgan fingerprint density at radius 1 is 1.08 bits per heavy atom. The number of anilines is 2. The quantitative estimate of drug-likeness (QED) is 0.885. The number of para-hydroxylation sites is 1. The maximum absolute atomic E-state index is 13.8. The second-order valence-electron chi connectivity index (χ2n) is 5.83. The molecule has 126 valence electrons. The molecule has 6 heteroatoms. The molecule has 2 aromatic carbocycles. The Balaban J connectivity index is 1.59. The van der Waals surface area contributed by atoms with E-state index in [1.807, 2.05) is 4.90 Å². The van der Waals surface area contributed by atoms with Gasteiger partial charge in [-0.1, -0.05) is 23.7 Å². The molecule has 3 nitrogen and oxygen atoms in total. The third-order valence-electron chi connectivity index (χ3n) is 4.25. The molecule has 2 aromatic rings. The van der Waals surface area contributed by atoms with Gasteiger partial charge in [-0.25, -0.2) is 8.78 Å². The van der Waals surface area contributed by atoms with E-state index in [1.54, 1.807) is 18.2 Å². The molecule has 1 aliphatic rings. The molecule has 1 N–H and O–H groups in total. The van der Waals surface area contributed by atoms with Crippen LogP contribution in [0, 0.1) is 17.6 Å². The Kier molecular flexibility index (Phi) is 5.00. The van der Waals surface area contributed by atoms with Gasteiger partial charge in [-0.3, -0.25) is 4.79 Å². The SMILES string of the molecule is O=C(Nc1ccc(F)c(Cl)c1)C1CCN(c2ccccc2F)CC1. The third kappa shape index (κ3) is 3.67. The van der Waals surface area contributed by atoms with Crippen molar-refractivity contribution in [2.45, 2.75) is 12.8 Å². The van der Waals surface area contributed by atoms with Gasteiger partial charge in [-0.05, 0) is 43.2 Å². The molecule has 0 atom stereocenters. The van der Waals surface area contributed by atoms with Crippen LogP contribution in [0.4, 0.5) is 20.2 Å². The number of hydrogen-bond donors (Lipinski definition) is 1. The van der Waals surface area contributed by atoms with Crippen molar-refractivity contribution >= 4 is 28.9 Å². The van der Waals surface area contributed by atoms with E-state index in [-0.39, 0.29) is 22.7 Å². The van der Waals surface area contributed by atoms with E-state index in [0.29, 0.717) is 37.3 Å². The summed E-state index contributed by atoms with van der Waals surface area (Å²) < 4.78 is 27.0. The van der Waals surface area contributed by atoms with Crippen molar-refractivity contribution in [3.05, 3.63) is 59.1 Å². The smallest absolute Gasteiger partial charge is 0.227 e. The minimum absolute atomic E-state index is 0.0258. The summed E-state index contributed by atoms with van der Waals surface area (Å²) in [5, 5.41) is 2.74. The minimum Gasteiger partial charge on any atom is -0.369 e. The maximum atomic E-state index is 13.8. The van der Waals surface area contributed by atoms with Crippen molar-refractivity contribution in [1.29, 1.82) is 0 Å². The van der Waals surface area contributed by atoms with Gasteiger partial charge in [0.25, 0.3) is 0 Å². The van der Waals surface area contributed by atoms with Gasteiger partial charge in [0.1, 0.15) is 11.6 Å². The van der Waals surface area contributed by atoms with E-state index in [2.05, 4.69) is 5.32 Å². The standard InChI is InChI=1S/C18H17ClF2N2O/c19-14-11-13(5-6-15(14)20)22-18(24)12-7-9-23(10-8-12)17-4-2-1-3-16(17)21/h1-6,11-12H,7-10H2,(H,22,24). The van der Waals surface area contributed by atoms with Crippen molar-refractivity contribution in [2.24, 2.45) is 5.92 Å². The molecule has 0 bridgehead atoms. The van der Waals surface area contributed by atoms with Gasteiger partial charge in [-0.2, -0.15) is 0 Å². The molecule has 3 rings (SSSR count). The van der Waals surface area contributed by atoms with Crippen LogP contribution in [0.2, 0.25) is 5.02 Å². The fraction of sp³-hybridized carbons (Fsp3) is 0.278. The van der Waals surface area contributed by atoms with Gasteiger partial charge in [0.15, 0.2) is 0 Å². The van der Waals surface area contributed by atoms with E-state index in [0.717, 1.165) is 0 Å². The second kappa shape index (κ2) is 7.18. The number of halogens is 3. The highest BCUT2D eigenvalue weighted by atomic mass is 35.5. The summed E-state index contributed by atoms with van der Waals surface area (Å²) in [6.45, 7) is 1.23. The largest absolute Gasteiger partial charge is 0.369 e. The maximum Gasteiger partial charge on any atom is 0.227 e. The number of carbonyl (C=O) groups excluding carboxylic acids is 1. The van der Waals surface area contributed by atoms with Crippen LogP contribution < -0.4 is 10.2 Å². The molecule has 1 amide bonds. The highest BCUT2D eigenvalue weighted by molar-refractivity contribution is 6.31. The molecule has 0 saturated carbocycles. The Labute approximate surface area is 144 Å². The van der Waals surface area contributed by atoms with Crippen LogP contribution in [0.5, 0.6) is 0 Å². The van der Waals surface area contributed by atoms with Gasteiger partial charge in [0, 0.05) is 24.7 Å². The van der Waals surface area contributed by atoms with Gasteiger partial charge in [0.2, 0.25) is 5.91 Å². The molecular weight excluding hydrogens is 334 g/mol. The normalized spacial score (nSPS) is 15.4. The van der Waals surface area contributed by atoms with E-state index in [9.17, 15) is 13.6 Å². The zero-order chi connectivity index (χ0) is 17.1. The third-order valence-corrected chi connectivity index (χ3v) is 4.54. The molecule has 1 saturated heterocycles. The first kappa shape index (κ1) is 16.7. The molecule has 0 aromatic heterocycles. The van der Waals surface area contributed by atoms with Crippen molar-refractivity contribution in [1.82, 2.24) is 0 Å². The summed E-state index contributed by atoms with van der Waals surface area (Å²) in [5.41, 5.74) is 1.05. The summed E-state index contributed by atoms with van der Waals surface area (Å²) in [5.74, 6) is -1.04. The lowest BCUT2D eigenvalue weighted by atomic mass is 9.95. The second-order valence-corrected chi connectivity index (χ2v) is 6.24. The average Bonchev–Trinajstić information content (AvgIpc) is 2.59. The molecular formula is C18H17ClF2N2O. The van der Waals surface area contributed by atoms with Crippen LogP contribution in [0.25, 0.3) is 0 Å². The first-order valence-corrected chi connectivity index (χ1v) is 8.18. The Morgan fingerprint density at radius 2 is 1.79 bits per heavy atom. The number of nitrogens with one attached hydrogen (secondary N) is 1. The lowest BCUT2D eigenvalue weighted by molar-refractivity contribution is -0.120. The first-order valence-electron chi connectivity index (χ1n) is 7.80. The summed E-state index contributed by atoms with van der Waals surface area (Å²) in [4.78, 5) is 14.3. The minimum atomic E-state index is -0.520. The first-order chi connectivity index (χ1) is 11.5. The van der Waals surface area contributed by atoms with E-state index in [4.69, 9.17) is 11.6 Å². The molecule has 1 aliphatic heterocycles. The van der Waals surface area contributed by atoms with Crippen molar-refractivity contribution in [2.75, 3.05) is 23.3 Å². The Hall–Kier alpha value is -2.14. The van der Waals surface area contributed by atoms with Crippen LogP contribution in [0.15, 0.2) is 42.5 Å². The van der Waals surface area contributed by atoms with Crippen molar-refractivity contribution < 1.29 is 13.6 Å². The van der Waals surface area contributed by atoms with Crippen LogP contribution in [-0.2, 0) is 4.79 Å². The predicted octanol–water partition coefficient (Wildman–Crippen LogP) is 4.47. The summed E-state index contributed by atoms with van der Waals surface area (Å²) >= 11 is 5.72. The van der Waals surface area contributed by atoms with Crippen molar-refractivity contribution in [3.63, 3.8) is 0 Å². The van der Waals surface area contributed by atoms with Gasteiger partial charge in [-0.15, -0.1) is 0 Å². The van der Waals surface area contributed by atoms with Gasteiger partial charge < -0.3 is 10.2 Å². The molecule has 0 spiro atoms. The zero-order valence-corrected chi connectivity index (χ0v) is 13.7. The van der Waals surface area contributed by atoms with Crippen molar-refractivity contribution in [3.8, 4) is 0 Å². The molecule has 1 fully saturated rings. The lowest BCUT2D eigenvalue weighted by Gasteiger charge is -2.33. The summed E-state index contributed by atoms with van der Waals surface area (Å²) in [6.07, 6.45) is 1.27. The monoisotopic (exact) mass is 350 g/mol. The predicted molar refractivity (Wildman–Crippen MR) is 91.4 cm³/mol. The lowest BCUT2D eigenvalue weighted by Crippen LogP contribution is -2.38. The number of hydrogen-bond acceptors (Lipinski definition) is 2. The number of amides is 1. The van der Waals surface area contributed by atoms with E-state index in [1.165, 1.54) is 24.3 Å². The molecule has 1 heterocycles. The highest BCUT2D eigenvalue weighted by Gasteiger charge is 2.26. The van der Waals surface area contributed by atoms with Gasteiger partial charge >= 0.3 is 0 Å². The molecule has 0 aliphatic carbocycles. The number of benzene rings is 2. The fourth-order valence-electron chi connectivity index (χ4n) is 2.91. The number of carbonyl (C=O) groups is 1. The van der Waals surface area contributed by atoms with Crippen LogP contribution in [0.3, 0.4) is 0 Å². The summed E-state index contributed by atoms with van der Waals surface area (Å²) in [6, 6.07) is 10.7. The highest BCUT2D eigenvalue weighted by Crippen LogP contribution is 2.27. The van der Waals surface area contributed by atoms with E-state index >= 15 is 0 Å². The number of piperidine rings is 1. The van der Waals surface area contributed by atoms with Gasteiger partial charge in [0.05, 0.1) is 10.7 Å². The molecule has 0 unspecified atom stereocenters. The topological polar surface area (TPSA) is 32.3 Å². The average molecular weight is 351 g/mol. The van der Waals surface area contributed by atoms with Crippen LogP contribution in [0.1, 0.15) is 12.8 Å². The molecule has 0 radical (unpaired) electrons. The van der Waals surface area contributed by atoms with Crippen LogP contribution >= 0.6 is 11.6 Å². The Bertz CT molecular complexity index is 746. The Morgan fingerprint density at radius 3 is 2.46 bits per heavy atom. The fourth-order valence-corrected chi connectivity index (χ4v) is 3.09. The van der Waals surface area contributed by atoms with E-state index < -0.39 is 5.82 Å². The summed E-state index contributed by atoms with van der Waals surface area (Å²) in [7, 11) is 0.